The van der Waals surface area contributed by atoms with E-state index in [0.717, 1.165) is 5.56 Å². The Hall–Kier alpha value is -2.98. The molecular weight excluding hydrogens is 522 g/mol. The van der Waals surface area contributed by atoms with Crippen molar-refractivity contribution in [2.45, 2.75) is 25.8 Å². The Morgan fingerprint density at radius 2 is 2.00 bits per heavy atom. The molecule has 34 heavy (non-hydrogen) atoms. The molecule has 10 heteroatoms. The lowest BCUT2D eigenvalue weighted by Gasteiger charge is -2.36. The molecule has 1 atom stereocenters. The standard InChI is InChI=1S/C24H26BrN3O5S/c1-2-32-21(29)15-19-23(31)26-11-12-28(19)24(34)27-22(30)18-14-17(25)8-9-20(18)33-13-10-16-6-4-3-5-7-16/h3-9,14,19H,2,10-13,15H2,1H3,(H,26,31)(H,27,30,34). The van der Waals surface area contributed by atoms with Gasteiger partial charge in [-0.3, -0.25) is 19.7 Å². The van der Waals surface area contributed by atoms with Crippen molar-refractivity contribution in [3.8, 4) is 5.75 Å². The number of carbonyl (C=O) groups is 3. The SMILES string of the molecule is CCOC(=O)CC1C(=O)NCCN1C(=S)NC(=O)c1cc(Br)ccc1OCCc1ccccc1. The van der Waals surface area contributed by atoms with Crippen LogP contribution in [-0.2, 0) is 20.7 Å². The molecule has 0 aromatic heterocycles. The van der Waals surface area contributed by atoms with Gasteiger partial charge in [-0.15, -0.1) is 0 Å². The van der Waals surface area contributed by atoms with Gasteiger partial charge >= 0.3 is 5.97 Å². The van der Waals surface area contributed by atoms with Crippen LogP contribution in [0.1, 0.15) is 29.3 Å². The van der Waals surface area contributed by atoms with E-state index in [1.807, 2.05) is 30.3 Å². The van der Waals surface area contributed by atoms with Gasteiger partial charge in [0.25, 0.3) is 5.91 Å². The molecule has 0 saturated carbocycles. The number of thiocarbonyl (C=S) groups is 1. The molecule has 2 aromatic rings. The minimum Gasteiger partial charge on any atom is -0.492 e. The zero-order valence-corrected chi connectivity index (χ0v) is 21.1. The molecule has 1 fully saturated rings. The molecule has 1 aliphatic heterocycles. The summed E-state index contributed by atoms with van der Waals surface area (Å²) >= 11 is 8.82. The Kier molecular flexibility index (Phi) is 9.41. The summed E-state index contributed by atoms with van der Waals surface area (Å²) in [5.74, 6) is -0.908. The molecule has 0 radical (unpaired) electrons. The lowest BCUT2D eigenvalue weighted by molar-refractivity contribution is -0.147. The van der Waals surface area contributed by atoms with Crippen molar-refractivity contribution in [3.05, 3.63) is 64.1 Å². The molecule has 180 valence electrons. The fraction of sp³-hybridized carbons (Fsp3) is 0.333. The first kappa shape index (κ1) is 25.6. The van der Waals surface area contributed by atoms with Crippen LogP contribution < -0.4 is 15.4 Å². The van der Waals surface area contributed by atoms with Crippen LogP contribution in [0.15, 0.2) is 53.0 Å². The molecule has 0 bridgehead atoms. The molecule has 2 N–H and O–H groups in total. The second kappa shape index (κ2) is 12.5. The smallest absolute Gasteiger partial charge is 0.308 e. The third kappa shape index (κ3) is 7.01. The molecular formula is C24H26BrN3O5S. The number of carbonyl (C=O) groups excluding carboxylic acids is 3. The van der Waals surface area contributed by atoms with E-state index in [4.69, 9.17) is 21.7 Å². The number of esters is 1. The Morgan fingerprint density at radius 1 is 1.24 bits per heavy atom. The van der Waals surface area contributed by atoms with Gasteiger partial charge in [-0.05, 0) is 42.9 Å². The van der Waals surface area contributed by atoms with Crippen LogP contribution in [-0.4, -0.2) is 60.1 Å². The summed E-state index contributed by atoms with van der Waals surface area (Å²) in [6.45, 7) is 3.00. The number of halogens is 1. The van der Waals surface area contributed by atoms with Gasteiger partial charge in [0.2, 0.25) is 5.91 Å². The molecule has 1 saturated heterocycles. The van der Waals surface area contributed by atoms with Gasteiger partial charge in [-0.25, -0.2) is 0 Å². The molecule has 2 amide bonds. The molecule has 1 aliphatic rings. The number of benzene rings is 2. The van der Waals surface area contributed by atoms with Crippen molar-refractivity contribution < 1.29 is 23.9 Å². The Balaban J connectivity index is 1.68. The Morgan fingerprint density at radius 3 is 2.74 bits per heavy atom. The first-order valence-corrected chi connectivity index (χ1v) is 12.1. The number of nitrogens with zero attached hydrogens (tertiary/aromatic N) is 1. The summed E-state index contributed by atoms with van der Waals surface area (Å²) in [5, 5.41) is 5.46. The minimum atomic E-state index is -0.857. The van der Waals surface area contributed by atoms with E-state index < -0.39 is 17.9 Å². The van der Waals surface area contributed by atoms with Crippen molar-refractivity contribution in [1.82, 2.24) is 15.5 Å². The van der Waals surface area contributed by atoms with E-state index in [-0.39, 0.29) is 24.0 Å². The normalized spacial score (nSPS) is 15.3. The van der Waals surface area contributed by atoms with E-state index in [9.17, 15) is 14.4 Å². The van der Waals surface area contributed by atoms with Gasteiger partial charge in [0.05, 0.1) is 25.2 Å². The van der Waals surface area contributed by atoms with Gasteiger partial charge < -0.3 is 19.7 Å². The Labute approximate surface area is 212 Å². The van der Waals surface area contributed by atoms with Gasteiger partial charge in [0, 0.05) is 24.0 Å². The van der Waals surface area contributed by atoms with Crippen LogP contribution in [0.4, 0.5) is 0 Å². The van der Waals surface area contributed by atoms with Crippen molar-refractivity contribution >= 4 is 51.0 Å². The van der Waals surface area contributed by atoms with E-state index in [0.29, 0.717) is 41.9 Å². The predicted octanol–water partition coefficient (Wildman–Crippen LogP) is 2.84. The quantitative estimate of drug-likeness (QED) is 0.387. The minimum absolute atomic E-state index is 0.0596. The monoisotopic (exact) mass is 547 g/mol. The topological polar surface area (TPSA) is 97.0 Å². The molecule has 0 aliphatic carbocycles. The van der Waals surface area contributed by atoms with Crippen molar-refractivity contribution in [2.75, 3.05) is 26.3 Å². The van der Waals surface area contributed by atoms with Gasteiger partial charge in [-0.1, -0.05) is 46.3 Å². The summed E-state index contributed by atoms with van der Waals surface area (Å²) in [6, 6.07) is 14.2. The summed E-state index contributed by atoms with van der Waals surface area (Å²) in [5.41, 5.74) is 1.43. The maximum absolute atomic E-state index is 13.1. The maximum Gasteiger partial charge on any atom is 0.308 e. The zero-order valence-electron chi connectivity index (χ0n) is 18.7. The van der Waals surface area contributed by atoms with E-state index in [1.54, 1.807) is 25.1 Å². The average molecular weight is 548 g/mol. The van der Waals surface area contributed by atoms with Crippen LogP contribution in [0.2, 0.25) is 0 Å². The molecule has 1 heterocycles. The van der Waals surface area contributed by atoms with Gasteiger partial charge in [0.1, 0.15) is 11.8 Å². The lowest BCUT2D eigenvalue weighted by atomic mass is 10.1. The third-order valence-electron chi connectivity index (χ3n) is 5.15. The highest BCUT2D eigenvalue weighted by Crippen LogP contribution is 2.24. The number of nitrogens with one attached hydrogen (secondary N) is 2. The lowest BCUT2D eigenvalue weighted by Crippen LogP contribution is -2.60. The van der Waals surface area contributed by atoms with E-state index >= 15 is 0 Å². The fourth-order valence-corrected chi connectivity index (χ4v) is 4.18. The molecule has 3 rings (SSSR count). The van der Waals surface area contributed by atoms with Crippen LogP contribution in [0.3, 0.4) is 0 Å². The van der Waals surface area contributed by atoms with Crippen LogP contribution in [0.25, 0.3) is 0 Å². The van der Waals surface area contributed by atoms with Crippen molar-refractivity contribution in [3.63, 3.8) is 0 Å². The highest BCUT2D eigenvalue weighted by Gasteiger charge is 2.34. The molecule has 0 spiro atoms. The molecule has 8 nitrogen and oxygen atoms in total. The number of ether oxygens (including phenoxy) is 2. The van der Waals surface area contributed by atoms with Gasteiger partial charge in [0.15, 0.2) is 5.11 Å². The largest absolute Gasteiger partial charge is 0.492 e. The summed E-state index contributed by atoms with van der Waals surface area (Å²) < 4.78 is 11.6. The maximum atomic E-state index is 13.1. The van der Waals surface area contributed by atoms with Crippen molar-refractivity contribution in [2.24, 2.45) is 0 Å². The second-order valence-electron chi connectivity index (χ2n) is 7.49. The van der Waals surface area contributed by atoms with E-state index in [2.05, 4.69) is 26.6 Å². The molecule has 1 unspecified atom stereocenters. The fourth-order valence-electron chi connectivity index (χ4n) is 3.50. The predicted molar refractivity (Wildman–Crippen MR) is 135 cm³/mol. The third-order valence-corrected chi connectivity index (χ3v) is 5.98. The van der Waals surface area contributed by atoms with Crippen LogP contribution in [0, 0.1) is 0 Å². The number of amides is 2. The highest BCUT2D eigenvalue weighted by molar-refractivity contribution is 9.10. The number of hydrogen-bond donors (Lipinski definition) is 2. The molecule has 2 aromatic carbocycles. The summed E-state index contributed by atoms with van der Waals surface area (Å²) in [4.78, 5) is 39.0. The summed E-state index contributed by atoms with van der Waals surface area (Å²) in [7, 11) is 0. The summed E-state index contributed by atoms with van der Waals surface area (Å²) in [6.07, 6.45) is 0.523. The second-order valence-corrected chi connectivity index (χ2v) is 8.80. The van der Waals surface area contributed by atoms with E-state index in [1.165, 1.54) is 4.90 Å². The number of piperazine rings is 1. The zero-order chi connectivity index (χ0) is 24.5. The Bertz CT molecular complexity index is 1050. The van der Waals surface area contributed by atoms with Crippen LogP contribution in [0.5, 0.6) is 5.75 Å². The average Bonchev–Trinajstić information content (AvgIpc) is 2.82. The number of hydrogen-bond acceptors (Lipinski definition) is 6. The number of rotatable bonds is 8. The van der Waals surface area contributed by atoms with Gasteiger partial charge in [-0.2, -0.15) is 0 Å². The van der Waals surface area contributed by atoms with Crippen molar-refractivity contribution in [1.29, 1.82) is 0 Å². The highest BCUT2D eigenvalue weighted by atomic mass is 79.9. The first-order chi connectivity index (χ1) is 16.4. The van der Waals surface area contributed by atoms with Crippen LogP contribution >= 0.6 is 28.1 Å². The first-order valence-electron chi connectivity index (χ1n) is 10.9.